The lowest BCUT2D eigenvalue weighted by atomic mass is 10.1. The second kappa shape index (κ2) is 5.41. The minimum Gasteiger partial charge on any atom is -0.266 e. The van der Waals surface area contributed by atoms with Crippen LogP contribution in [-0.2, 0) is 6.42 Å². The molecule has 0 saturated carbocycles. The molecule has 3 heteroatoms. The summed E-state index contributed by atoms with van der Waals surface area (Å²) in [5.74, 6) is 0. The highest BCUT2D eigenvalue weighted by Gasteiger charge is 1.91. The molecule has 0 fully saturated rings. The van der Waals surface area contributed by atoms with E-state index in [0.29, 0.717) is 0 Å². The first-order chi connectivity index (χ1) is 6.33. The molecular weight excluding hydrogens is 164 g/mol. The maximum atomic E-state index is 10.8. The van der Waals surface area contributed by atoms with Crippen LogP contribution < -0.4 is 5.56 Å². The van der Waals surface area contributed by atoms with Crippen molar-refractivity contribution in [3.8, 4) is 0 Å². The first kappa shape index (κ1) is 9.84. The van der Waals surface area contributed by atoms with Crippen molar-refractivity contribution in [2.24, 2.45) is 0 Å². The van der Waals surface area contributed by atoms with Gasteiger partial charge in [0, 0.05) is 6.07 Å². The third-order valence-electron chi connectivity index (χ3n) is 1.89. The third-order valence-corrected chi connectivity index (χ3v) is 1.89. The van der Waals surface area contributed by atoms with Gasteiger partial charge in [-0.25, -0.2) is 0 Å². The Labute approximate surface area is 77.8 Å². The predicted octanol–water partition coefficient (Wildman–Crippen LogP) is 1.57. The molecule has 0 atom stereocenters. The SMILES string of the molecule is CCCCCc1ccc(=O)nnc1. The monoisotopic (exact) mass is 178 g/mol. The van der Waals surface area contributed by atoms with Gasteiger partial charge in [-0.15, -0.1) is 5.10 Å². The van der Waals surface area contributed by atoms with Gasteiger partial charge in [0.2, 0.25) is 0 Å². The molecule has 0 aromatic carbocycles. The van der Waals surface area contributed by atoms with Crippen LogP contribution in [0.5, 0.6) is 0 Å². The largest absolute Gasteiger partial charge is 0.288 e. The molecule has 13 heavy (non-hydrogen) atoms. The fraction of sp³-hybridized carbons (Fsp3) is 0.500. The molecule has 1 aromatic heterocycles. The summed E-state index contributed by atoms with van der Waals surface area (Å²) < 4.78 is 0. The van der Waals surface area contributed by atoms with E-state index in [0.717, 1.165) is 18.4 Å². The summed E-state index contributed by atoms with van der Waals surface area (Å²) in [4.78, 5) is 10.8. The van der Waals surface area contributed by atoms with Crippen LogP contribution in [0, 0.1) is 0 Å². The second-order valence-corrected chi connectivity index (χ2v) is 3.05. The number of aryl methyl sites for hydroxylation is 1. The maximum Gasteiger partial charge on any atom is 0.288 e. The zero-order valence-corrected chi connectivity index (χ0v) is 7.86. The summed E-state index contributed by atoms with van der Waals surface area (Å²) in [6, 6.07) is 3.27. The topological polar surface area (TPSA) is 42.9 Å². The first-order valence-electron chi connectivity index (χ1n) is 4.65. The van der Waals surface area contributed by atoms with E-state index >= 15 is 0 Å². The second-order valence-electron chi connectivity index (χ2n) is 3.05. The van der Waals surface area contributed by atoms with Crippen LogP contribution in [0.25, 0.3) is 0 Å². The van der Waals surface area contributed by atoms with Crippen LogP contribution >= 0.6 is 0 Å². The zero-order chi connectivity index (χ0) is 9.52. The smallest absolute Gasteiger partial charge is 0.266 e. The molecule has 1 heterocycles. The third kappa shape index (κ3) is 3.78. The fourth-order valence-corrected chi connectivity index (χ4v) is 1.14. The molecule has 1 aromatic rings. The van der Waals surface area contributed by atoms with Crippen molar-refractivity contribution in [1.82, 2.24) is 10.2 Å². The van der Waals surface area contributed by atoms with Gasteiger partial charge in [0.25, 0.3) is 5.56 Å². The van der Waals surface area contributed by atoms with Gasteiger partial charge < -0.3 is 0 Å². The van der Waals surface area contributed by atoms with Gasteiger partial charge in [0.15, 0.2) is 0 Å². The van der Waals surface area contributed by atoms with Crippen molar-refractivity contribution in [3.63, 3.8) is 0 Å². The molecule has 0 aliphatic carbocycles. The molecule has 0 N–H and O–H groups in total. The number of nitrogens with zero attached hydrogens (tertiary/aromatic N) is 2. The lowest BCUT2D eigenvalue weighted by molar-refractivity contribution is 0.716. The van der Waals surface area contributed by atoms with Crippen molar-refractivity contribution in [2.75, 3.05) is 0 Å². The minimum absolute atomic E-state index is 0.276. The molecule has 70 valence electrons. The first-order valence-corrected chi connectivity index (χ1v) is 4.65. The van der Waals surface area contributed by atoms with Gasteiger partial charge in [0.05, 0.1) is 6.20 Å². The summed E-state index contributed by atoms with van der Waals surface area (Å²) in [5, 5.41) is 7.09. The number of rotatable bonds is 4. The standard InChI is InChI=1S/C10H14N2O/c1-2-3-4-5-9-6-7-10(13)12-11-8-9/h6-8H,2-5H2,1H3. The molecule has 3 nitrogen and oxygen atoms in total. The van der Waals surface area contributed by atoms with Crippen molar-refractivity contribution < 1.29 is 0 Å². The Morgan fingerprint density at radius 2 is 2.15 bits per heavy atom. The fourth-order valence-electron chi connectivity index (χ4n) is 1.14. The predicted molar refractivity (Wildman–Crippen MR) is 51.5 cm³/mol. The van der Waals surface area contributed by atoms with Crippen LogP contribution in [0.4, 0.5) is 0 Å². The Balaban J connectivity index is 2.58. The van der Waals surface area contributed by atoms with E-state index < -0.39 is 0 Å². The molecule has 0 bridgehead atoms. The van der Waals surface area contributed by atoms with Crippen LogP contribution in [0.1, 0.15) is 31.7 Å². The van der Waals surface area contributed by atoms with Crippen LogP contribution in [0.2, 0.25) is 0 Å². The van der Waals surface area contributed by atoms with Gasteiger partial charge in [-0.05, 0) is 18.4 Å². The Morgan fingerprint density at radius 1 is 1.31 bits per heavy atom. The van der Waals surface area contributed by atoms with Gasteiger partial charge in [-0.3, -0.25) is 4.79 Å². The van der Waals surface area contributed by atoms with Crippen molar-refractivity contribution in [1.29, 1.82) is 0 Å². The number of unbranched alkanes of at least 4 members (excludes halogenated alkanes) is 2. The summed E-state index contributed by atoms with van der Waals surface area (Å²) in [5.41, 5.74) is 0.810. The summed E-state index contributed by atoms with van der Waals surface area (Å²) in [6.45, 7) is 2.17. The highest BCUT2D eigenvalue weighted by atomic mass is 16.1. The highest BCUT2D eigenvalue weighted by molar-refractivity contribution is 5.06. The van der Waals surface area contributed by atoms with E-state index in [1.54, 1.807) is 12.3 Å². The molecule has 0 unspecified atom stereocenters. The van der Waals surface area contributed by atoms with E-state index in [-0.39, 0.29) is 5.56 Å². The summed E-state index contributed by atoms with van der Waals surface area (Å²) in [6.07, 6.45) is 6.22. The van der Waals surface area contributed by atoms with E-state index in [2.05, 4.69) is 17.1 Å². The molecule has 0 radical (unpaired) electrons. The molecule has 1 rings (SSSR count). The number of aromatic nitrogens is 2. The maximum absolute atomic E-state index is 10.8. The van der Waals surface area contributed by atoms with E-state index in [1.165, 1.54) is 18.9 Å². The quantitative estimate of drug-likeness (QED) is 0.657. The van der Waals surface area contributed by atoms with Crippen LogP contribution in [0.15, 0.2) is 23.1 Å². The van der Waals surface area contributed by atoms with Crippen molar-refractivity contribution in [2.45, 2.75) is 32.6 Å². The van der Waals surface area contributed by atoms with Gasteiger partial charge >= 0.3 is 0 Å². The average molecular weight is 178 g/mol. The Morgan fingerprint density at radius 3 is 2.92 bits per heavy atom. The number of hydrogen-bond acceptors (Lipinski definition) is 3. The summed E-state index contributed by atoms with van der Waals surface area (Å²) in [7, 11) is 0. The minimum atomic E-state index is -0.276. The highest BCUT2D eigenvalue weighted by Crippen LogP contribution is 2.02. The van der Waals surface area contributed by atoms with Gasteiger partial charge in [-0.2, -0.15) is 5.10 Å². The van der Waals surface area contributed by atoms with Crippen molar-refractivity contribution >= 4 is 0 Å². The molecule has 0 aliphatic rings. The molecule has 0 amide bonds. The lowest BCUT2D eigenvalue weighted by Crippen LogP contribution is -1.98. The molecular formula is C10H14N2O. The molecule has 0 saturated heterocycles. The summed E-state index contributed by atoms with van der Waals surface area (Å²) >= 11 is 0. The Kier molecular flexibility index (Phi) is 4.09. The molecule has 0 aliphatic heterocycles. The zero-order valence-electron chi connectivity index (χ0n) is 7.86. The normalized spacial score (nSPS) is 9.92. The van der Waals surface area contributed by atoms with Crippen LogP contribution in [0.3, 0.4) is 0 Å². The lowest BCUT2D eigenvalue weighted by Gasteiger charge is -1.95. The number of hydrogen-bond donors (Lipinski definition) is 0. The van der Waals surface area contributed by atoms with Gasteiger partial charge in [0.1, 0.15) is 0 Å². The van der Waals surface area contributed by atoms with E-state index in [9.17, 15) is 4.79 Å². The Hall–Kier alpha value is -1.25. The van der Waals surface area contributed by atoms with E-state index in [4.69, 9.17) is 0 Å². The van der Waals surface area contributed by atoms with Gasteiger partial charge in [-0.1, -0.05) is 25.8 Å². The van der Waals surface area contributed by atoms with E-state index in [1.807, 2.05) is 0 Å². The van der Waals surface area contributed by atoms with Crippen LogP contribution in [-0.4, -0.2) is 10.2 Å². The van der Waals surface area contributed by atoms with Crippen molar-refractivity contribution in [3.05, 3.63) is 34.2 Å². The molecule has 0 spiro atoms. The Bertz CT molecular complexity index is 312. The average Bonchev–Trinajstić information content (AvgIpc) is 2.32.